The highest BCUT2D eigenvalue weighted by molar-refractivity contribution is 5.97. The smallest absolute Gasteiger partial charge is 0.326 e. The standard InChI is InChI=1S/C14H22N4O3/c1-10(2)7-12(14(20)21)17-9-11(8-15)13(19)18-5-3-16-4-6-18/h9-10,12,16-17H,3-7H2,1-2H3,(H,20,21)/b11-9-. The van der Waals surface area contributed by atoms with Crippen molar-refractivity contribution in [3.8, 4) is 6.07 Å². The summed E-state index contributed by atoms with van der Waals surface area (Å²) in [5, 5.41) is 24.0. The number of nitrogens with one attached hydrogen (secondary N) is 2. The summed E-state index contributed by atoms with van der Waals surface area (Å²) in [5.41, 5.74) is -0.0630. The lowest BCUT2D eigenvalue weighted by Gasteiger charge is -2.27. The molecule has 7 nitrogen and oxygen atoms in total. The Hall–Kier alpha value is -2.07. The van der Waals surface area contributed by atoms with Gasteiger partial charge in [-0.1, -0.05) is 13.8 Å². The third-order valence-corrected chi connectivity index (χ3v) is 3.19. The number of piperazine rings is 1. The first kappa shape index (κ1) is 17.0. The Bertz CT molecular complexity index is 448. The number of rotatable bonds is 6. The maximum Gasteiger partial charge on any atom is 0.326 e. The topological polar surface area (TPSA) is 105 Å². The van der Waals surface area contributed by atoms with Crippen LogP contribution in [0.5, 0.6) is 0 Å². The first-order valence-electron chi connectivity index (χ1n) is 7.04. The lowest BCUT2D eigenvalue weighted by Crippen LogP contribution is -2.47. The van der Waals surface area contributed by atoms with Crippen molar-refractivity contribution in [3.63, 3.8) is 0 Å². The predicted molar refractivity (Wildman–Crippen MR) is 77.2 cm³/mol. The summed E-state index contributed by atoms with van der Waals surface area (Å²) in [6.45, 7) is 6.32. The number of hydrogen-bond acceptors (Lipinski definition) is 5. The lowest BCUT2D eigenvalue weighted by atomic mass is 10.0. The van der Waals surface area contributed by atoms with Crippen LogP contribution in [0.3, 0.4) is 0 Å². The number of nitriles is 1. The summed E-state index contributed by atoms with van der Waals surface area (Å²) in [6, 6.07) is 1.04. The van der Waals surface area contributed by atoms with Crippen LogP contribution in [0.15, 0.2) is 11.8 Å². The Balaban J connectivity index is 2.71. The van der Waals surface area contributed by atoms with Crippen molar-refractivity contribution in [2.75, 3.05) is 26.2 Å². The zero-order valence-electron chi connectivity index (χ0n) is 12.4. The molecule has 1 rings (SSSR count). The lowest BCUT2D eigenvalue weighted by molar-refractivity contribution is -0.139. The molecule has 0 aliphatic carbocycles. The second kappa shape index (κ2) is 8.27. The minimum absolute atomic E-state index is 0.0630. The SMILES string of the molecule is CC(C)CC(N/C=C(/C#N)C(=O)N1CCNCC1)C(=O)O. The van der Waals surface area contributed by atoms with Crippen molar-refractivity contribution < 1.29 is 14.7 Å². The second-order valence-electron chi connectivity index (χ2n) is 5.40. The fourth-order valence-electron chi connectivity index (χ4n) is 2.08. The molecule has 1 unspecified atom stereocenters. The van der Waals surface area contributed by atoms with Crippen LogP contribution in [0, 0.1) is 17.2 Å². The van der Waals surface area contributed by atoms with E-state index < -0.39 is 12.0 Å². The summed E-state index contributed by atoms with van der Waals surface area (Å²) in [5.74, 6) is -1.16. The molecule has 1 heterocycles. The van der Waals surface area contributed by atoms with Crippen LogP contribution in [0.2, 0.25) is 0 Å². The number of aliphatic carboxylic acids is 1. The fraction of sp³-hybridized carbons (Fsp3) is 0.643. The molecule has 0 bridgehead atoms. The van der Waals surface area contributed by atoms with Gasteiger partial charge >= 0.3 is 5.97 Å². The van der Waals surface area contributed by atoms with Crippen molar-refractivity contribution in [2.45, 2.75) is 26.3 Å². The highest BCUT2D eigenvalue weighted by atomic mass is 16.4. The molecular formula is C14H22N4O3. The summed E-state index contributed by atoms with van der Waals surface area (Å²) in [7, 11) is 0. The number of carboxylic acid groups (broad SMARTS) is 1. The van der Waals surface area contributed by atoms with Gasteiger partial charge in [-0.25, -0.2) is 4.79 Å². The highest BCUT2D eigenvalue weighted by Crippen LogP contribution is 2.07. The average Bonchev–Trinajstić information content (AvgIpc) is 2.46. The second-order valence-corrected chi connectivity index (χ2v) is 5.40. The third kappa shape index (κ3) is 5.44. The van der Waals surface area contributed by atoms with Crippen LogP contribution >= 0.6 is 0 Å². The molecule has 1 aliphatic heterocycles. The first-order valence-corrected chi connectivity index (χ1v) is 7.04. The van der Waals surface area contributed by atoms with Gasteiger partial charge in [0.25, 0.3) is 5.91 Å². The average molecular weight is 294 g/mol. The van der Waals surface area contributed by atoms with Gasteiger partial charge < -0.3 is 20.6 Å². The van der Waals surface area contributed by atoms with Crippen LogP contribution in [0.1, 0.15) is 20.3 Å². The number of carboxylic acids is 1. The Morgan fingerprint density at radius 3 is 2.52 bits per heavy atom. The van der Waals surface area contributed by atoms with E-state index in [4.69, 9.17) is 10.4 Å². The number of carbonyl (C=O) groups excluding carboxylic acids is 1. The summed E-state index contributed by atoms with van der Waals surface area (Å²) >= 11 is 0. The number of carbonyl (C=O) groups is 2. The molecule has 0 aromatic carbocycles. The number of hydrogen-bond donors (Lipinski definition) is 3. The van der Waals surface area contributed by atoms with Crippen LogP contribution in [0.25, 0.3) is 0 Å². The van der Waals surface area contributed by atoms with Crippen LogP contribution in [-0.2, 0) is 9.59 Å². The zero-order chi connectivity index (χ0) is 15.8. The van der Waals surface area contributed by atoms with Gasteiger partial charge in [0.15, 0.2) is 0 Å². The maximum atomic E-state index is 12.2. The van der Waals surface area contributed by atoms with Gasteiger partial charge in [-0.3, -0.25) is 4.79 Å². The highest BCUT2D eigenvalue weighted by Gasteiger charge is 2.22. The van der Waals surface area contributed by atoms with E-state index in [1.165, 1.54) is 6.20 Å². The molecule has 1 amide bonds. The Labute approximate surface area is 124 Å². The molecule has 0 saturated carbocycles. The van der Waals surface area contributed by atoms with Crippen LogP contribution in [0.4, 0.5) is 0 Å². The van der Waals surface area contributed by atoms with Gasteiger partial charge in [0, 0.05) is 32.4 Å². The van der Waals surface area contributed by atoms with Crippen LogP contribution < -0.4 is 10.6 Å². The largest absolute Gasteiger partial charge is 0.480 e. The van der Waals surface area contributed by atoms with E-state index in [1.54, 1.807) is 4.90 Å². The van der Waals surface area contributed by atoms with E-state index in [1.807, 2.05) is 19.9 Å². The van der Waals surface area contributed by atoms with Crippen molar-refractivity contribution >= 4 is 11.9 Å². The molecule has 1 atom stereocenters. The molecule has 0 aromatic heterocycles. The van der Waals surface area contributed by atoms with E-state index in [0.717, 1.165) is 0 Å². The Morgan fingerprint density at radius 2 is 2.05 bits per heavy atom. The number of nitrogens with zero attached hydrogens (tertiary/aromatic N) is 2. The summed E-state index contributed by atoms with van der Waals surface area (Å²) < 4.78 is 0. The van der Waals surface area contributed by atoms with E-state index >= 15 is 0 Å². The molecule has 21 heavy (non-hydrogen) atoms. The molecule has 1 aliphatic rings. The molecule has 0 radical (unpaired) electrons. The minimum Gasteiger partial charge on any atom is -0.480 e. The monoisotopic (exact) mass is 294 g/mol. The molecule has 0 aromatic rings. The van der Waals surface area contributed by atoms with Crippen LogP contribution in [-0.4, -0.2) is 54.1 Å². The molecular weight excluding hydrogens is 272 g/mol. The Kier molecular flexibility index (Phi) is 6.69. The van der Waals surface area contributed by atoms with Gasteiger partial charge in [-0.05, 0) is 12.3 Å². The van der Waals surface area contributed by atoms with Crippen molar-refractivity contribution in [2.24, 2.45) is 5.92 Å². The van der Waals surface area contributed by atoms with Gasteiger partial charge in [0.1, 0.15) is 17.7 Å². The Morgan fingerprint density at radius 1 is 1.43 bits per heavy atom. The molecule has 1 saturated heterocycles. The van der Waals surface area contributed by atoms with Crippen molar-refractivity contribution in [1.82, 2.24) is 15.5 Å². The van der Waals surface area contributed by atoms with E-state index in [9.17, 15) is 9.59 Å². The summed E-state index contributed by atoms with van der Waals surface area (Å²) in [6.07, 6.45) is 1.65. The number of amides is 1. The third-order valence-electron chi connectivity index (χ3n) is 3.19. The van der Waals surface area contributed by atoms with E-state index in [0.29, 0.717) is 32.6 Å². The van der Waals surface area contributed by atoms with Gasteiger partial charge in [0.2, 0.25) is 0 Å². The van der Waals surface area contributed by atoms with Crippen molar-refractivity contribution in [1.29, 1.82) is 5.26 Å². The molecule has 7 heteroatoms. The van der Waals surface area contributed by atoms with E-state index in [-0.39, 0.29) is 17.4 Å². The van der Waals surface area contributed by atoms with Gasteiger partial charge in [0.05, 0.1) is 0 Å². The fourth-order valence-corrected chi connectivity index (χ4v) is 2.08. The maximum absolute atomic E-state index is 12.2. The quantitative estimate of drug-likeness (QED) is 0.467. The predicted octanol–water partition coefficient (Wildman–Crippen LogP) is -0.0854. The normalized spacial score (nSPS) is 17.2. The van der Waals surface area contributed by atoms with Gasteiger partial charge in [-0.15, -0.1) is 0 Å². The first-order chi connectivity index (χ1) is 9.95. The molecule has 0 spiro atoms. The van der Waals surface area contributed by atoms with E-state index in [2.05, 4.69) is 10.6 Å². The molecule has 3 N–H and O–H groups in total. The summed E-state index contributed by atoms with van der Waals surface area (Å²) in [4.78, 5) is 24.9. The van der Waals surface area contributed by atoms with Crippen molar-refractivity contribution in [3.05, 3.63) is 11.8 Å². The minimum atomic E-state index is -0.994. The molecule has 1 fully saturated rings. The zero-order valence-corrected chi connectivity index (χ0v) is 12.4. The van der Waals surface area contributed by atoms with Gasteiger partial charge in [-0.2, -0.15) is 5.26 Å². The molecule has 116 valence electrons.